The van der Waals surface area contributed by atoms with Gasteiger partial charge < -0.3 is 19.4 Å². The molecule has 0 rings (SSSR count). The average Bonchev–Trinajstić information content (AvgIpc) is 3.40. The molecule has 0 bridgehead atoms. The Hall–Kier alpha value is -2.55. The number of phosphoric acid groups is 1. The number of carbonyl (C=O) groups is 2. The van der Waals surface area contributed by atoms with Crippen molar-refractivity contribution in [1.82, 2.24) is 5.32 Å². The Balaban J connectivity index is 5.15. The number of phosphoric ester groups is 1. The van der Waals surface area contributed by atoms with Gasteiger partial charge in [-0.3, -0.25) is 18.6 Å². The minimum Gasteiger partial charge on any atom is -0.456 e. The predicted octanol–water partition coefficient (Wildman–Crippen LogP) is 20.4. The Morgan fingerprint density at radius 2 is 0.782 bits per heavy atom. The van der Waals surface area contributed by atoms with Crippen molar-refractivity contribution in [2.24, 2.45) is 0 Å². The van der Waals surface area contributed by atoms with Crippen LogP contribution in [0.2, 0.25) is 0 Å². The zero-order valence-electron chi connectivity index (χ0n) is 51.9. The number of amides is 1. The summed E-state index contributed by atoms with van der Waals surface area (Å²) in [5, 5.41) is 3.06. The number of esters is 1. The minimum atomic E-state index is -4.45. The van der Waals surface area contributed by atoms with Gasteiger partial charge >= 0.3 is 13.8 Å². The van der Waals surface area contributed by atoms with Crippen molar-refractivity contribution in [3.05, 3.63) is 72.9 Å². The van der Waals surface area contributed by atoms with Crippen molar-refractivity contribution in [1.29, 1.82) is 0 Å². The Labute approximate surface area is 483 Å². The molecule has 2 N–H and O–H groups in total. The van der Waals surface area contributed by atoms with Gasteiger partial charge in [-0.15, -0.1) is 0 Å². The molecule has 0 aliphatic carbocycles. The predicted molar refractivity (Wildman–Crippen MR) is 337 cm³/mol. The third-order valence-corrected chi connectivity index (χ3v) is 15.4. The van der Waals surface area contributed by atoms with Crippen LogP contribution in [0.3, 0.4) is 0 Å². The third-order valence-electron chi connectivity index (χ3n) is 14.4. The SMILES string of the molecule is CCCCC/C=C\C/C=C\C/C=C\C/C=C\CCCCCCCCCCCC(=O)NC(COP(=O)(O)OCC[N+](C)(C)C)C(/C=C\CCCCCCCCCCCC)OC(=O)CCCCCCCCC/C=C\CCCCCC. The van der Waals surface area contributed by atoms with Crippen molar-refractivity contribution < 1.29 is 37.3 Å². The number of hydrogen-bond acceptors (Lipinski definition) is 6. The van der Waals surface area contributed by atoms with E-state index in [2.05, 4.69) is 86.8 Å². The first-order valence-electron chi connectivity index (χ1n) is 32.8. The molecule has 0 saturated heterocycles. The van der Waals surface area contributed by atoms with E-state index in [4.69, 9.17) is 13.8 Å². The maximum Gasteiger partial charge on any atom is 0.472 e. The lowest BCUT2D eigenvalue weighted by Crippen LogP contribution is -2.47. The zero-order valence-corrected chi connectivity index (χ0v) is 52.8. The summed E-state index contributed by atoms with van der Waals surface area (Å²) < 4.78 is 30.7. The number of hydrogen-bond donors (Lipinski definition) is 2. The first-order chi connectivity index (χ1) is 37.9. The summed E-state index contributed by atoms with van der Waals surface area (Å²) in [5.41, 5.74) is 0. The second kappa shape index (κ2) is 57.7. The fourth-order valence-electron chi connectivity index (χ4n) is 9.27. The molecule has 10 heteroatoms. The van der Waals surface area contributed by atoms with Crippen molar-refractivity contribution in [3.63, 3.8) is 0 Å². The molecule has 0 aromatic rings. The van der Waals surface area contributed by atoms with Crippen LogP contribution in [0.1, 0.15) is 297 Å². The highest BCUT2D eigenvalue weighted by Crippen LogP contribution is 2.43. The van der Waals surface area contributed by atoms with Gasteiger partial charge in [-0.1, -0.05) is 255 Å². The molecule has 0 aliphatic rings. The molecule has 3 unspecified atom stereocenters. The Morgan fingerprint density at radius 3 is 1.22 bits per heavy atom. The first-order valence-corrected chi connectivity index (χ1v) is 34.3. The van der Waals surface area contributed by atoms with Gasteiger partial charge in [0.25, 0.3) is 0 Å². The lowest BCUT2D eigenvalue weighted by atomic mass is 10.0. The largest absolute Gasteiger partial charge is 0.472 e. The fraction of sp³-hybridized carbons (Fsp3) is 0.794. The van der Waals surface area contributed by atoms with Crippen LogP contribution in [0.25, 0.3) is 0 Å². The highest BCUT2D eigenvalue weighted by molar-refractivity contribution is 7.47. The quantitative estimate of drug-likeness (QED) is 0.0205. The molecule has 0 spiro atoms. The van der Waals surface area contributed by atoms with Gasteiger partial charge in [0.2, 0.25) is 5.91 Å². The molecule has 0 aromatic heterocycles. The van der Waals surface area contributed by atoms with Gasteiger partial charge in [-0.05, 0) is 102 Å². The summed E-state index contributed by atoms with van der Waals surface area (Å²) in [7, 11) is 1.49. The molecule has 78 heavy (non-hydrogen) atoms. The summed E-state index contributed by atoms with van der Waals surface area (Å²) in [6.45, 7) is 6.98. The van der Waals surface area contributed by atoms with E-state index in [1.807, 2.05) is 33.3 Å². The number of likely N-dealkylation sites (N-methyl/N-ethyl adjacent to an activating group) is 1. The molecule has 454 valence electrons. The zero-order chi connectivity index (χ0) is 57.2. The van der Waals surface area contributed by atoms with Gasteiger partial charge in [0, 0.05) is 12.8 Å². The average molecular weight is 1110 g/mol. The molecule has 0 radical (unpaired) electrons. The molecule has 0 heterocycles. The third kappa shape index (κ3) is 58.1. The van der Waals surface area contributed by atoms with E-state index >= 15 is 0 Å². The van der Waals surface area contributed by atoms with Gasteiger partial charge in [-0.25, -0.2) is 4.57 Å². The Morgan fingerprint density at radius 1 is 0.449 bits per heavy atom. The van der Waals surface area contributed by atoms with E-state index in [0.29, 0.717) is 17.4 Å². The number of nitrogens with one attached hydrogen (secondary N) is 1. The molecular formula is C68H126N2O7P+. The van der Waals surface area contributed by atoms with E-state index < -0.39 is 20.0 Å². The maximum atomic E-state index is 13.6. The molecule has 0 aliphatic heterocycles. The number of allylic oxidation sites excluding steroid dienone is 11. The van der Waals surface area contributed by atoms with Gasteiger partial charge in [0.15, 0.2) is 0 Å². The number of quaternary nitrogens is 1. The first kappa shape index (κ1) is 75.5. The molecule has 0 fully saturated rings. The molecule has 1 amide bonds. The van der Waals surface area contributed by atoms with Crippen molar-refractivity contribution in [2.45, 2.75) is 309 Å². The molecular weight excluding hydrogens is 988 g/mol. The maximum absolute atomic E-state index is 13.6. The van der Waals surface area contributed by atoms with Crippen LogP contribution in [-0.2, 0) is 27.9 Å². The molecule has 0 aromatic carbocycles. The second-order valence-electron chi connectivity index (χ2n) is 23.3. The van der Waals surface area contributed by atoms with E-state index in [9.17, 15) is 19.0 Å². The van der Waals surface area contributed by atoms with Crippen LogP contribution < -0.4 is 5.32 Å². The van der Waals surface area contributed by atoms with E-state index in [1.165, 1.54) is 161 Å². The number of nitrogens with zero attached hydrogens (tertiary/aromatic N) is 1. The van der Waals surface area contributed by atoms with Crippen molar-refractivity contribution in [3.8, 4) is 0 Å². The van der Waals surface area contributed by atoms with Crippen LogP contribution in [0, 0.1) is 0 Å². The smallest absolute Gasteiger partial charge is 0.456 e. The summed E-state index contributed by atoms with van der Waals surface area (Å²) in [5.74, 6) is -0.513. The van der Waals surface area contributed by atoms with Crippen LogP contribution in [-0.4, -0.2) is 74.3 Å². The van der Waals surface area contributed by atoms with Gasteiger partial charge in [-0.2, -0.15) is 0 Å². The lowest BCUT2D eigenvalue weighted by Gasteiger charge is -2.27. The number of carbonyl (C=O) groups excluding carboxylic acids is 2. The summed E-state index contributed by atoms with van der Waals surface area (Å²) >= 11 is 0. The summed E-state index contributed by atoms with van der Waals surface area (Å²) in [4.78, 5) is 37.8. The highest BCUT2D eigenvalue weighted by atomic mass is 31.2. The van der Waals surface area contributed by atoms with Crippen LogP contribution >= 0.6 is 7.82 Å². The van der Waals surface area contributed by atoms with Gasteiger partial charge in [0.1, 0.15) is 19.3 Å². The molecule has 0 saturated carbocycles. The van der Waals surface area contributed by atoms with Crippen molar-refractivity contribution in [2.75, 3.05) is 40.9 Å². The lowest BCUT2D eigenvalue weighted by molar-refractivity contribution is -0.870. The molecule has 3 atom stereocenters. The minimum absolute atomic E-state index is 0.0365. The Kier molecular flexibility index (Phi) is 55.8. The van der Waals surface area contributed by atoms with E-state index in [0.717, 1.165) is 103 Å². The second-order valence-corrected chi connectivity index (χ2v) is 24.7. The van der Waals surface area contributed by atoms with E-state index in [-0.39, 0.29) is 31.5 Å². The van der Waals surface area contributed by atoms with Gasteiger partial charge in [0.05, 0.1) is 33.8 Å². The normalized spacial score (nSPS) is 14.1. The van der Waals surface area contributed by atoms with Crippen LogP contribution in [0.5, 0.6) is 0 Å². The Bertz CT molecular complexity index is 1570. The number of ether oxygens (including phenoxy) is 1. The highest BCUT2D eigenvalue weighted by Gasteiger charge is 2.30. The number of rotatable bonds is 59. The standard InChI is InChI=1S/C68H125N2O7P/c1-7-10-13-16-19-22-25-28-30-31-32-33-34-35-36-37-38-39-41-42-45-48-51-54-57-60-67(71)69-65(64-76-78(73,74)75-63-62-70(4,5)6)66(59-56-53-50-47-44-27-24-21-18-15-12-9-3)77-68(72)61-58-55-52-49-46-43-40-29-26-23-20-17-14-11-8-2/h19,22-23,26,28,30,32-33,35-36,56,59,65-66H,7-18,20-21,24-25,27,29,31,34,37-55,57-58,60-64H2,1-6H3,(H-,69,71,73,74)/p+1/b22-19-,26-23-,30-28-,33-32-,36-35-,59-56-. The van der Waals surface area contributed by atoms with Crippen molar-refractivity contribution >= 4 is 19.7 Å². The van der Waals surface area contributed by atoms with Crippen LogP contribution in [0.15, 0.2) is 72.9 Å². The number of unbranched alkanes of at least 4 members (excludes halogenated alkanes) is 33. The summed E-state index contributed by atoms with van der Waals surface area (Å²) in [6.07, 6.45) is 74.7. The van der Waals surface area contributed by atoms with Crippen LogP contribution in [0.4, 0.5) is 0 Å². The van der Waals surface area contributed by atoms with E-state index in [1.54, 1.807) is 0 Å². The summed E-state index contributed by atoms with van der Waals surface area (Å²) in [6, 6.07) is -0.855. The topological polar surface area (TPSA) is 111 Å². The monoisotopic (exact) mass is 1110 g/mol. The molecule has 9 nitrogen and oxygen atoms in total. The fourth-order valence-corrected chi connectivity index (χ4v) is 10.0.